The van der Waals surface area contributed by atoms with E-state index < -0.39 is 11.4 Å². The number of aliphatic carboxylic acids is 1. The van der Waals surface area contributed by atoms with Gasteiger partial charge in [-0.25, -0.2) is 0 Å². The van der Waals surface area contributed by atoms with Gasteiger partial charge in [0.05, 0.1) is 11.6 Å². The van der Waals surface area contributed by atoms with Gasteiger partial charge < -0.3 is 19.7 Å². The molecule has 24 heavy (non-hydrogen) atoms. The summed E-state index contributed by atoms with van der Waals surface area (Å²) in [7, 11) is 1.75. The second-order valence-corrected chi connectivity index (χ2v) is 5.98. The smallest absolute Gasteiger partial charge is 0.311 e. The topological polar surface area (TPSA) is 98.4 Å². The molecule has 0 atom stereocenters. The average Bonchev–Trinajstić information content (AvgIpc) is 3.22. The number of carboxylic acids is 1. The van der Waals surface area contributed by atoms with E-state index in [1.165, 1.54) is 6.20 Å². The van der Waals surface area contributed by atoms with E-state index in [0.717, 1.165) is 0 Å². The fourth-order valence-electron chi connectivity index (χ4n) is 2.95. The first-order valence-electron chi connectivity index (χ1n) is 7.78. The van der Waals surface area contributed by atoms with Gasteiger partial charge in [-0.3, -0.25) is 14.3 Å². The Morgan fingerprint density at radius 1 is 1.33 bits per heavy atom. The second kappa shape index (κ2) is 6.48. The van der Waals surface area contributed by atoms with Gasteiger partial charge in [0, 0.05) is 39.2 Å². The van der Waals surface area contributed by atoms with E-state index in [2.05, 4.69) is 10.4 Å². The highest BCUT2D eigenvalue weighted by molar-refractivity contribution is 5.97. The second-order valence-electron chi connectivity index (χ2n) is 5.98. The lowest BCUT2D eigenvalue weighted by Gasteiger charge is -2.33. The highest BCUT2D eigenvalue weighted by Gasteiger charge is 2.40. The number of aromatic nitrogens is 3. The number of ether oxygens (including phenoxy) is 1. The number of amides is 1. The minimum Gasteiger partial charge on any atom is -0.481 e. The van der Waals surface area contributed by atoms with Crippen LogP contribution >= 0.6 is 0 Å². The molecular formula is C16H20N4O4. The molecule has 8 nitrogen and oxygen atoms in total. The van der Waals surface area contributed by atoms with Crippen molar-refractivity contribution in [2.45, 2.75) is 12.8 Å². The minimum absolute atomic E-state index is 0.0739. The van der Waals surface area contributed by atoms with Crippen LogP contribution in [-0.2, 0) is 16.6 Å². The third kappa shape index (κ3) is 2.92. The molecule has 1 fully saturated rings. The Bertz CT molecular complexity index is 729. The Hall–Kier alpha value is -2.61. The summed E-state index contributed by atoms with van der Waals surface area (Å²) in [6, 6.07) is 3.71. The van der Waals surface area contributed by atoms with E-state index in [4.69, 9.17) is 4.74 Å². The monoisotopic (exact) mass is 332 g/mol. The van der Waals surface area contributed by atoms with Gasteiger partial charge >= 0.3 is 5.97 Å². The first-order valence-corrected chi connectivity index (χ1v) is 7.78. The molecule has 1 aliphatic rings. The summed E-state index contributed by atoms with van der Waals surface area (Å²) in [4.78, 5) is 24.2. The van der Waals surface area contributed by atoms with Crippen molar-refractivity contribution < 1.29 is 19.4 Å². The molecule has 2 N–H and O–H groups in total. The van der Waals surface area contributed by atoms with Crippen LogP contribution in [-0.4, -0.2) is 51.1 Å². The van der Waals surface area contributed by atoms with Crippen LogP contribution in [0.4, 0.5) is 0 Å². The van der Waals surface area contributed by atoms with E-state index in [1.807, 2.05) is 24.5 Å². The van der Waals surface area contributed by atoms with Crippen LogP contribution in [0.5, 0.6) is 0 Å². The highest BCUT2D eigenvalue weighted by atomic mass is 16.5. The lowest BCUT2D eigenvalue weighted by atomic mass is 9.80. The van der Waals surface area contributed by atoms with Crippen LogP contribution in [0.25, 0.3) is 5.82 Å². The molecule has 0 aromatic carbocycles. The minimum atomic E-state index is -0.969. The van der Waals surface area contributed by atoms with E-state index in [9.17, 15) is 14.7 Å². The van der Waals surface area contributed by atoms with Crippen molar-refractivity contribution in [3.63, 3.8) is 0 Å². The molecule has 1 saturated heterocycles. The molecule has 2 aromatic heterocycles. The molecule has 1 amide bonds. The molecule has 0 saturated carbocycles. The SMILES string of the molecule is Cn1ncc(C(=O)NCC2(C(=O)O)CCOCC2)c1-n1cccc1. The molecule has 128 valence electrons. The molecule has 0 bridgehead atoms. The molecule has 2 aromatic rings. The van der Waals surface area contributed by atoms with Crippen LogP contribution < -0.4 is 5.32 Å². The molecule has 3 heterocycles. The number of aryl methyl sites for hydroxylation is 1. The molecule has 0 aliphatic carbocycles. The van der Waals surface area contributed by atoms with Crippen molar-refractivity contribution >= 4 is 11.9 Å². The van der Waals surface area contributed by atoms with Crippen molar-refractivity contribution in [1.29, 1.82) is 0 Å². The number of hydrogen-bond acceptors (Lipinski definition) is 4. The van der Waals surface area contributed by atoms with Crippen LogP contribution in [0.15, 0.2) is 30.7 Å². The molecule has 0 radical (unpaired) electrons. The van der Waals surface area contributed by atoms with Gasteiger partial charge in [-0.05, 0) is 25.0 Å². The van der Waals surface area contributed by atoms with Gasteiger partial charge in [0.15, 0.2) is 0 Å². The summed E-state index contributed by atoms with van der Waals surface area (Å²) in [5.41, 5.74) is -0.565. The third-order valence-corrected chi connectivity index (χ3v) is 4.49. The summed E-state index contributed by atoms with van der Waals surface area (Å²) in [6.45, 7) is 0.859. The first-order chi connectivity index (χ1) is 11.5. The van der Waals surface area contributed by atoms with Gasteiger partial charge in [-0.1, -0.05) is 0 Å². The Labute approximate surface area is 139 Å². The lowest BCUT2D eigenvalue weighted by Crippen LogP contribution is -2.46. The number of nitrogens with zero attached hydrogens (tertiary/aromatic N) is 3. The Morgan fingerprint density at radius 2 is 2.00 bits per heavy atom. The summed E-state index contributed by atoms with van der Waals surface area (Å²) >= 11 is 0. The van der Waals surface area contributed by atoms with Crippen molar-refractivity contribution in [3.05, 3.63) is 36.3 Å². The van der Waals surface area contributed by atoms with E-state index in [-0.39, 0.29) is 12.5 Å². The number of carbonyl (C=O) groups excluding carboxylic acids is 1. The zero-order chi connectivity index (χ0) is 17.2. The third-order valence-electron chi connectivity index (χ3n) is 4.49. The Kier molecular flexibility index (Phi) is 4.39. The van der Waals surface area contributed by atoms with Gasteiger partial charge in [0.2, 0.25) is 0 Å². The molecule has 8 heteroatoms. The van der Waals surface area contributed by atoms with Crippen molar-refractivity contribution in [2.75, 3.05) is 19.8 Å². The van der Waals surface area contributed by atoms with E-state index >= 15 is 0 Å². The van der Waals surface area contributed by atoms with Gasteiger partial charge in [-0.15, -0.1) is 0 Å². The fourth-order valence-corrected chi connectivity index (χ4v) is 2.95. The zero-order valence-corrected chi connectivity index (χ0v) is 13.4. The van der Waals surface area contributed by atoms with Gasteiger partial charge in [-0.2, -0.15) is 5.10 Å². The van der Waals surface area contributed by atoms with Crippen LogP contribution in [0.1, 0.15) is 23.2 Å². The zero-order valence-electron chi connectivity index (χ0n) is 13.4. The van der Waals surface area contributed by atoms with Crippen LogP contribution in [0.3, 0.4) is 0 Å². The van der Waals surface area contributed by atoms with Crippen molar-refractivity contribution in [1.82, 2.24) is 19.7 Å². The van der Waals surface area contributed by atoms with Crippen molar-refractivity contribution in [2.24, 2.45) is 12.5 Å². The van der Waals surface area contributed by atoms with E-state index in [0.29, 0.717) is 37.4 Å². The molecule has 0 spiro atoms. The summed E-state index contributed by atoms with van der Waals surface area (Å²) in [5.74, 6) is -0.601. The molecular weight excluding hydrogens is 312 g/mol. The average molecular weight is 332 g/mol. The van der Waals surface area contributed by atoms with Crippen LogP contribution in [0, 0.1) is 5.41 Å². The predicted molar refractivity (Wildman–Crippen MR) is 85.0 cm³/mol. The van der Waals surface area contributed by atoms with Gasteiger partial charge in [0.25, 0.3) is 5.91 Å². The predicted octanol–water partition coefficient (Wildman–Crippen LogP) is 0.822. The summed E-state index contributed by atoms with van der Waals surface area (Å²) < 4.78 is 8.65. The highest BCUT2D eigenvalue weighted by Crippen LogP contribution is 2.30. The fraction of sp³-hybridized carbons (Fsp3) is 0.438. The quantitative estimate of drug-likeness (QED) is 0.845. The lowest BCUT2D eigenvalue weighted by molar-refractivity contribution is -0.154. The Balaban J connectivity index is 1.77. The maximum Gasteiger partial charge on any atom is 0.311 e. The number of nitrogens with one attached hydrogen (secondary N) is 1. The molecule has 3 rings (SSSR count). The molecule has 1 aliphatic heterocycles. The number of carbonyl (C=O) groups is 2. The normalized spacial score (nSPS) is 16.7. The van der Waals surface area contributed by atoms with Crippen LogP contribution in [0.2, 0.25) is 0 Å². The maximum atomic E-state index is 12.6. The largest absolute Gasteiger partial charge is 0.481 e. The Morgan fingerprint density at radius 3 is 2.62 bits per heavy atom. The summed E-state index contributed by atoms with van der Waals surface area (Å²) in [6.07, 6.45) is 5.92. The number of hydrogen-bond donors (Lipinski definition) is 2. The van der Waals surface area contributed by atoms with Crippen molar-refractivity contribution in [3.8, 4) is 5.82 Å². The van der Waals surface area contributed by atoms with Gasteiger partial charge in [0.1, 0.15) is 11.4 Å². The number of carboxylic acid groups (broad SMARTS) is 1. The maximum absolute atomic E-state index is 12.6. The summed E-state index contributed by atoms with van der Waals surface area (Å²) in [5, 5.41) is 16.5. The molecule has 0 unspecified atom stereocenters. The van der Waals surface area contributed by atoms with E-state index in [1.54, 1.807) is 16.3 Å². The standard InChI is InChI=1S/C16H20N4O4/c1-19-14(20-6-2-3-7-20)12(10-18-19)13(21)17-11-16(15(22)23)4-8-24-9-5-16/h2-3,6-7,10H,4-5,8-9,11H2,1H3,(H,17,21)(H,22,23). The number of rotatable bonds is 5. The first kappa shape index (κ1) is 16.3.